The van der Waals surface area contributed by atoms with Crippen molar-refractivity contribution in [3.05, 3.63) is 54.6 Å². The third-order valence-electron chi connectivity index (χ3n) is 3.73. The van der Waals surface area contributed by atoms with E-state index in [1.165, 1.54) is 18.6 Å². The van der Waals surface area contributed by atoms with Crippen LogP contribution in [0.1, 0.15) is 23.2 Å². The number of rotatable bonds is 2. The molecule has 4 rings (SSSR count). The maximum Gasteiger partial charge on any atom is 0.338 e. The van der Waals surface area contributed by atoms with Gasteiger partial charge in [0, 0.05) is 37.6 Å². The van der Waals surface area contributed by atoms with Crippen molar-refractivity contribution in [2.24, 2.45) is 0 Å². The average molecular weight is 353 g/mol. The van der Waals surface area contributed by atoms with Gasteiger partial charge in [-0.05, 0) is 24.3 Å². The summed E-state index contributed by atoms with van der Waals surface area (Å²) in [4.78, 5) is 42.1. The van der Waals surface area contributed by atoms with E-state index >= 15 is 0 Å². The number of anilines is 2. The van der Waals surface area contributed by atoms with Crippen LogP contribution >= 0.6 is 0 Å². The minimum atomic E-state index is -0.960. The van der Waals surface area contributed by atoms with Gasteiger partial charge < -0.3 is 15.2 Å². The lowest BCUT2D eigenvalue weighted by molar-refractivity contribution is -0.121. The number of aromatic nitrogens is 3. The number of nitrogens with two attached hydrogens (primary N) is 1. The van der Waals surface area contributed by atoms with Crippen LogP contribution in [0.5, 0.6) is 0 Å². The van der Waals surface area contributed by atoms with Crippen molar-refractivity contribution < 1.29 is 19.5 Å². The lowest BCUT2D eigenvalue weighted by atomic mass is 10.3. The van der Waals surface area contributed by atoms with Crippen LogP contribution in [0.15, 0.2) is 49.1 Å². The molecule has 4 heterocycles. The van der Waals surface area contributed by atoms with Gasteiger partial charge in [-0.3, -0.25) is 9.59 Å². The summed E-state index contributed by atoms with van der Waals surface area (Å²) < 4.78 is 1.67. The highest BCUT2D eigenvalue weighted by atomic mass is 16.4. The summed E-state index contributed by atoms with van der Waals surface area (Å²) in [5.74, 6) is -1.18. The molecule has 0 bridgehead atoms. The van der Waals surface area contributed by atoms with Gasteiger partial charge in [0.25, 0.3) is 0 Å². The Kier molecular flexibility index (Phi) is 4.61. The lowest BCUT2D eigenvalue weighted by Gasteiger charge is -2.14. The van der Waals surface area contributed by atoms with Gasteiger partial charge in [0.1, 0.15) is 11.5 Å². The normalized spacial score (nSPS) is 13.6. The monoisotopic (exact) mass is 353 g/mol. The SMILES string of the molecule is Nc1ncccc1N1C(=O)CCC1=O.O=C(O)c1cnc2cccn2c1. The van der Waals surface area contributed by atoms with Gasteiger partial charge in [-0.15, -0.1) is 0 Å². The maximum absolute atomic E-state index is 11.4. The van der Waals surface area contributed by atoms with Crippen LogP contribution < -0.4 is 10.6 Å². The standard InChI is InChI=1S/C9H9N3O2.C8H6N2O2/c10-9-6(2-1-5-11-9)12-7(13)3-4-8(12)14;11-8(12)6-4-9-7-2-1-3-10(7)5-6/h1-2,5H,3-4H2,(H2,10,11);1-5H,(H,11,12). The number of carbonyl (C=O) groups is 3. The lowest BCUT2D eigenvalue weighted by Crippen LogP contribution is -2.29. The van der Waals surface area contributed by atoms with E-state index in [0.29, 0.717) is 5.69 Å². The first-order valence-corrected chi connectivity index (χ1v) is 7.69. The molecule has 1 saturated heterocycles. The molecule has 3 N–H and O–H groups in total. The van der Waals surface area contributed by atoms with Crippen molar-refractivity contribution >= 4 is 34.9 Å². The molecular formula is C17H15N5O4. The van der Waals surface area contributed by atoms with E-state index < -0.39 is 5.97 Å². The van der Waals surface area contributed by atoms with Gasteiger partial charge in [0.05, 0.1) is 11.3 Å². The Morgan fingerprint density at radius 1 is 1.12 bits per heavy atom. The predicted octanol–water partition coefficient (Wildman–Crippen LogP) is 1.35. The first kappa shape index (κ1) is 17.1. The van der Waals surface area contributed by atoms with Crippen molar-refractivity contribution in [3.63, 3.8) is 0 Å². The number of amides is 2. The average Bonchev–Trinajstić information content (AvgIpc) is 3.22. The van der Waals surface area contributed by atoms with Crippen LogP contribution in [0.25, 0.3) is 5.65 Å². The topological polar surface area (TPSA) is 131 Å². The van der Waals surface area contributed by atoms with E-state index in [1.807, 2.05) is 12.1 Å². The number of carbonyl (C=O) groups excluding carboxylic acids is 2. The summed E-state index contributed by atoms with van der Waals surface area (Å²) in [6, 6.07) is 6.88. The van der Waals surface area contributed by atoms with Gasteiger partial charge >= 0.3 is 5.97 Å². The highest BCUT2D eigenvalue weighted by Gasteiger charge is 2.31. The highest BCUT2D eigenvalue weighted by Crippen LogP contribution is 2.25. The zero-order chi connectivity index (χ0) is 18.7. The molecule has 1 aliphatic rings. The highest BCUT2D eigenvalue weighted by molar-refractivity contribution is 6.20. The van der Waals surface area contributed by atoms with Crippen molar-refractivity contribution in [2.75, 3.05) is 10.6 Å². The Hall–Kier alpha value is -3.75. The zero-order valence-corrected chi connectivity index (χ0v) is 13.6. The largest absolute Gasteiger partial charge is 0.478 e. The zero-order valence-electron chi connectivity index (χ0n) is 13.6. The Balaban J connectivity index is 0.000000152. The van der Waals surface area contributed by atoms with Crippen molar-refractivity contribution in [2.45, 2.75) is 12.8 Å². The number of nitrogen functional groups attached to an aromatic ring is 1. The summed E-state index contributed by atoms with van der Waals surface area (Å²) in [5, 5.41) is 8.63. The molecule has 0 radical (unpaired) electrons. The van der Waals surface area contributed by atoms with Crippen LogP contribution in [0.3, 0.4) is 0 Å². The summed E-state index contributed by atoms with van der Waals surface area (Å²) >= 11 is 0. The summed E-state index contributed by atoms with van der Waals surface area (Å²) in [6.45, 7) is 0. The summed E-state index contributed by atoms with van der Waals surface area (Å²) in [6.07, 6.45) is 6.67. The Bertz CT molecular complexity index is 981. The Labute approximate surface area is 147 Å². The molecule has 3 aromatic rings. The molecule has 0 spiro atoms. The van der Waals surface area contributed by atoms with Crippen molar-refractivity contribution in [1.82, 2.24) is 14.4 Å². The van der Waals surface area contributed by atoms with E-state index in [2.05, 4.69) is 9.97 Å². The van der Waals surface area contributed by atoms with Crippen LogP contribution in [0.4, 0.5) is 11.5 Å². The number of hydrogen-bond donors (Lipinski definition) is 2. The minimum absolute atomic E-state index is 0.193. The fourth-order valence-electron chi connectivity index (χ4n) is 2.48. The molecule has 1 fully saturated rings. The molecule has 0 aliphatic carbocycles. The molecular weight excluding hydrogens is 338 g/mol. The molecule has 3 aromatic heterocycles. The number of imide groups is 1. The van der Waals surface area contributed by atoms with Crippen LogP contribution in [-0.2, 0) is 9.59 Å². The number of hydrogen-bond acceptors (Lipinski definition) is 6. The van der Waals surface area contributed by atoms with Gasteiger partial charge in [0.15, 0.2) is 0 Å². The number of nitrogens with zero attached hydrogens (tertiary/aromatic N) is 4. The first-order valence-electron chi connectivity index (χ1n) is 7.69. The Morgan fingerprint density at radius 3 is 2.50 bits per heavy atom. The van der Waals surface area contributed by atoms with Gasteiger partial charge in [-0.2, -0.15) is 0 Å². The van der Waals surface area contributed by atoms with Crippen LogP contribution in [0, 0.1) is 0 Å². The van der Waals surface area contributed by atoms with E-state index in [4.69, 9.17) is 10.8 Å². The second-order valence-electron chi connectivity index (χ2n) is 5.45. The van der Waals surface area contributed by atoms with Crippen LogP contribution in [-0.4, -0.2) is 37.3 Å². The molecule has 9 heteroatoms. The van der Waals surface area contributed by atoms with Crippen molar-refractivity contribution in [1.29, 1.82) is 0 Å². The summed E-state index contributed by atoms with van der Waals surface area (Å²) in [5.41, 5.74) is 6.90. The van der Waals surface area contributed by atoms with Crippen LogP contribution in [0.2, 0.25) is 0 Å². The smallest absolute Gasteiger partial charge is 0.338 e. The van der Waals surface area contributed by atoms with E-state index in [-0.39, 0.29) is 36.0 Å². The molecule has 0 unspecified atom stereocenters. The summed E-state index contributed by atoms with van der Waals surface area (Å²) in [7, 11) is 0. The van der Waals surface area contributed by atoms with E-state index in [1.54, 1.807) is 22.7 Å². The fraction of sp³-hybridized carbons (Fsp3) is 0.118. The molecule has 0 atom stereocenters. The third kappa shape index (κ3) is 3.36. The quantitative estimate of drug-likeness (QED) is 0.665. The predicted molar refractivity (Wildman–Crippen MR) is 92.5 cm³/mol. The minimum Gasteiger partial charge on any atom is -0.478 e. The molecule has 1 aliphatic heterocycles. The van der Waals surface area contributed by atoms with Gasteiger partial charge in [-0.25, -0.2) is 19.7 Å². The first-order chi connectivity index (χ1) is 12.5. The number of carboxylic acids is 1. The van der Waals surface area contributed by atoms with Gasteiger partial charge in [-0.1, -0.05) is 0 Å². The molecule has 0 saturated carbocycles. The maximum atomic E-state index is 11.4. The molecule has 132 valence electrons. The number of aromatic carboxylic acids is 1. The second-order valence-corrected chi connectivity index (χ2v) is 5.45. The molecule has 26 heavy (non-hydrogen) atoms. The fourth-order valence-corrected chi connectivity index (χ4v) is 2.48. The van der Waals surface area contributed by atoms with Crippen molar-refractivity contribution in [3.8, 4) is 0 Å². The molecule has 9 nitrogen and oxygen atoms in total. The van der Waals surface area contributed by atoms with Gasteiger partial charge in [0.2, 0.25) is 11.8 Å². The van der Waals surface area contributed by atoms with E-state index in [9.17, 15) is 14.4 Å². The second kappa shape index (κ2) is 7.01. The molecule has 0 aromatic carbocycles. The number of pyridine rings is 1. The van der Waals surface area contributed by atoms with E-state index in [0.717, 1.165) is 10.5 Å². The Morgan fingerprint density at radius 2 is 1.85 bits per heavy atom. The third-order valence-corrected chi connectivity index (χ3v) is 3.73. The molecule has 2 amide bonds. The number of carboxylic acid groups (broad SMARTS) is 1. The number of fused-ring (bicyclic) bond motifs is 1.